The zero-order chi connectivity index (χ0) is 19.8. The molecule has 7 nitrogen and oxygen atoms in total. The zero-order valence-corrected chi connectivity index (χ0v) is 15.5. The van der Waals surface area contributed by atoms with Gasteiger partial charge < -0.3 is 10.0 Å². The van der Waals surface area contributed by atoms with Crippen LogP contribution in [0.25, 0.3) is 6.08 Å². The first-order chi connectivity index (χ1) is 13.5. The first kappa shape index (κ1) is 17.5. The van der Waals surface area contributed by atoms with Crippen molar-refractivity contribution < 1.29 is 5.11 Å². The molecule has 0 saturated carbocycles. The van der Waals surface area contributed by atoms with E-state index in [1.807, 2.05) is 73.6 Å². The molecular formula is C21H19N5O2. The van der Waals surface area contributed by atoms with Gasteiger partial charge >= 0.3 is 0 Å². The number of nitrogens with zero attached hydrogens (tertiary/aromatic N) is 3. The number of H-pyrrole nitrogens is 1. The van der Waals surface area contributed by atoms with E-state index in [4.69, 9.17) is 5.41 Å². The Labute approximate surface area is 161 Å². The molecule has 0 fully saturated rings. The second-order valence-corrected chi connectivity index (χ2v) is 6.67. The first-order valence-corrected chi connectivity index (χ1v) is 8.73. The summed E-state index contributed by atoms with van der Waals surface area (Å²) < 4.78 is 0. The van der Waals surface area contributed by atoms with Crippen LogP contribution < -0.4 is 26.0 Å². The Bertz CT molecular complexity index is 1230. The molecule has 0 saturated heterocycles. The van der Waals surface area contributed by atoms with Crippen molar-refractivity contribution in [2.75, 3.05) is 24.0 Å². The van der Waals surface area contributed by atoms with Gasteiger partial charge in [0, 0.05) is 19.8 Å². The highest BCUT2D eigenvalue weighted by molar-refractivity contribution is 6.10. The van der Waals surface area contributed by atoms with Gasteiger partial charge in [0.1, 0.15) is 10.9 Å². The normalized spacial score (nSPS) is 13.4. The molecule has 3 N–H and O–H groups in total. The zero-order valence-electron chi connectivity index (χ0n) is 15.5. The number of benzene rings is 2. The fourth-order valence-corrected chi connectivity index (χ4v) is 3.10. The van der Waals surface area contributed by atoms with Crippen LogP contribution in [0.5, 0.6) is 5.88 Å². The summed E-state index contributed by atoms with van der Waals surface area (Å²) in [7, 11) is 3.91. The van der Waals surface area contributed by atoms with Crippen LogP contribution in [0.2, 0.25) is 0 Å². The predicted molar refractivity (Wildman–Crippen MR) is 110 cm³/mol. The molecule has 2 aromatic carbocycles. The number of aromatic nitrogens is 1. The van der Waals surface area contributed by atoms with Crippen LogP contribution in [-0.4, -0.2) is 30.0 Å². The number of para-hydroxylation sites is 1. The summed E-state index contributed by atoms with van der Waals surface area (Å²) >= 11 is 0. The minimum absolute atomic E-state index is 0.00700. The van der Waals surface area contributed by atoms with Gasteiger partial charge in [-0.2, -0.15) is 5.10 Å². The molecule has 1 aromatic heterocycles. The largest absolute Gasteiger partial charge is 0.494 e. The average Bonchev–Trinajstić information content (AvgIpc) is 3.04. The lowest BCUT2D eigenvalue weighted by molar-refractivity contribution is 0.449. The third-order valence-electron chi connectivity index (χ3n) is 4.58. The lowest BCUT2D eigenvalue weighted by Gasteiger charge is -2.13. The summed E-state index contributed by atoms with van der Waals surface area (Å²) in [6.07, 6.45) is 1.71. The standard InChI is InChI=1S/C21H19N5O2/c1-25(2)14-10-8-13(9-11-14)12-16-18-17(21(28)23-20(16)27)19(22)26(24-18)15-6-4-3-5-7-15/h3-12,22,28H,1-2H3,(H,23,27)/b16-12+,22-19?. The van der Waals surface area contributed by atoms with Crippen LogP contribution in [0.15, 0.2) is 64.5 Å². The maximum Gasteiger partial charge on any atom is 0.260 e. The Balaban J connectivity index is 1.91. The number of nitrogens with one attached hydrogen (secondary N) is 2. The van der Waals surface area contributed by atoms with Crippen molar-refractivity contribution in [3.63, 3.8) is 0 Å². The van der Waals surface area contributed by atoms with Gasteiger partial charge in [0.25, 0.3) is 5.56 Å². The molecule has 3 aromatic rings. The third kappa shape index (κ3) is 2.92. The van der Waals surface area contributed by atoms with Crippen LogP contribution in [0.3, 0.4) is 0 Å². The second kappa shape index (κ2) is 6.70. The summed E-state index contributed by atoms with van der Waals surface area (Å²) in [6.45, 7) is 0. The summed E-state index contributed by atoms with van der Waals surface area (Å²) in [6, 6.07) is 16.9. The highest BCUT2D eigenvalue weighted by Crippen LogP contribution is 2.21. The maximum absolute atomic E-state index is 12.5. The van der Waals surface area contributed by atoms with E-state index in [-0.39, 0.29) is 22.6 Å². The molecule has 1 aliphatic heterocycles. The average molecular weight is 373 g/mol. The molecule has 0 amide bonds. The number of amidine groups is 1. The lowest BCUT2D eigenvalue weighted by Crippen LogP contribution is -2.42. The van der Waals surface area contributed by atoms with Gasteiger partial charge in [0.05, 0.1) is 10.9 Å². The molecule has 0 spiro atoms. The molecular weight excluding hydrogens is 354 g/mol. The van der Waals surface area contributed by atoms with Gasteiger partial charge in [-0.1, -0.05) is 30.3 Å². The molecule has 0 atom stereocenters. The maximum atomic E-state index is 12.5. The number of pyridine rings is 1. The lowest BCUT2D eigenvalue weighted by atomic mass is 10.1. The number of aromatic hydroxyl groups is 1. The number of rotatable bonds is 3. The molecule has 28 heavy (non-hydrogen) atoms. The minimum Gasteiger partial charge on any atom is -0.494 e. The van der Waals surface area contributed by atoms with Crippen molar-refractivity contribution in [1.82, 2.24) is 4.98 Å². The molecule has 2 heterocycles. The van der Waals surface area contributed by atoms with Gasteiger partial charge in [0.2, 0.25) is 5.88 Å². The summed E-state index contributed by atoms with van der Waals surface area (Å²) in [5.41, 5.74) is 2.29. The molecule has 7 heteroatoms. The number of hydrogen-bond acceptors (Lipinski definition) is 5. The first-order valence-electron chi connectivity index (χ1n) is 8.73. The smallest absolute Gasteiger partial charge is 0.260 e. The highest BCUT2D eigenvalue weighted by Gasteiger charge is 2.26. The number of fused-ring (bicyclic) bond motifs is 1. The van der Waals surface area contributed by atoms with Gasteiger partial charge in [-0.15, -0.1) is 0 Å². The minimum atomic E-state index is -0.459. The van der Waals surface area contributed by atoms with Gasteiger partial charge in [-0.05, 0) is 35.9 Å². The van der Waals surface area contributed by atoms with Gasteiger partial charge in [0.15, 0.2) is 5.84 Å². The number of aromatic amines is 1. The van der Waals surface area contributed by atoms with Crippen molar-refractivity contribution in [3.05, 3.63) is 86.7 Å². The van der Waals surface area contributed by atoms with E-state index < -0.39 is 5.56 Å². The van der Waals surface area contributed by atoms with Crippen molar-refractivity contribution >= 4 is 23.3 Å². The van der Waals surface area contributed by atoms with Crippen molar-refractivity contribution in [2.45, 2.75) is 0 Å². The highest BCUT2D eigenvalue weighted by atomic mass is 16.3. The summed E-state index contributed by atoms with van der Waals surface area (Å²) in [5.74, 6) is -0.347. The van der Waals surface area contributed by atoms with Crippen LogP contribution in [0, 0.1) is 5.41 Å². The molecule has 0 radical (unpaired) electrons. The van der Waals surface area contributed by atoms with E-state index in [9.17, 15) is 9.90 Å². The third-order valence-corrected chi connectivity index (χ3v) is 4.58. The van der Waals surface area contributed by atoms with Crippen LogP contribution in [0.4, 0.5) is 11.4 Å². The van der Waals surface area contributed by atoms with Gasteiger partial charge in [-0.3, -0.25) is 15.2 Å². The monoisotopic (exact) mass is 373 g/mol. The van der Waals surface area contributed by atoms with E-state index in [1.165, 1.54) is 5.01 Å². The topological polar surface area (TPSA) is 95.8 Å². The molecule has 1 aliphatic rings. The molecule has 0 bridgehead atoms. The molecule has 140 valence electrons. The van der Waals surface area contributed by atoms with E-state index in [1.54, 1.807) is 6.08 Å². The Morgan fingerprint density at radius 1 is 1.11 bits per heavy atom. The fourth-order valence-electron chi connectivity index (χ4n) is 3.10. The second-order valence-electron chi connectivity index (χ2n) is 6.67. The Morgan fingerprint density at radius 2 is 1.79 bits per heavy atom. The van der Waals surface area contributed by atoms with E-state index in [0.717, 1.165) is 11.3 Å². The number of anilines is 2. The van der Waals surface area contributed by atoms with E-state index >= 15 is 0 Å². The number of hydrogen-bond donors (Lipinski definition) is 3. The fraction of sp³-hybridized carbons (Fsp3) is 0.0952. The van der Waals surface area contributed by atoms with Crippen LogP contribution in [-0.2, 0) is 0 Å². The van der Waals surface area contributed by atoms with Gasteiger partial charge in [-0.25, -0.2) is 5.01 Å². The van der Waals surface area contributed by atoms with Crippen LogP contribution in [0.1, 0.15) is 11.1 Å². The Hall–Kier alpha value is -3.87. The van der Waals surface area contributed by atoms with Crippen molar-refractivity contribution in [1.29, 1.82) is 5.41 Å². The predicted octanol–water partition coefficient (Wildman–Crippen LogP) is 1.36. The Kier molecular flexibility index (Phi) is 4.19. The molecule has 4 rings (SSSR count). The van der Waals surface area contributed by atoms with Crippen molar-refractivity contribution in [3.8, 4) is 5.88 Å². The summed E-state index contributed by atoms with van der Waals surface area (Å²) in [4.78, 5) is 16.9. The van der Waals surface area contributed by atoms with Crippen molar-refractivity contribution in [2.24, 2.45) is 5.10 Å². The molecule has 0 aliphatic carbocycles. The SMILES string of the molecule is CN(C)c1ccc(/C=c2/c(=O)[nH]c(O)c3c2=NN(c2ccccc2)C3=N)cc1. The quantitative estimate of drug-likeness (QED) is 0.646. The molecule has 0 unspecified atom stereocenters. The van der Waals surface area contributed by atoms with E-state index in [2.05, 4.69) is 10.1 Å². The Morgan fingerprint density at radius 3 is 2.43 bits per heavy atom. The van der Waals surface area contributed by atoms with E-state index in [0.29, 0.717) is 10.9 Å². The van der Waals surface area contributed by atoms with Crippen LogP contribution >= 0.6 is 0 Å². The summed E-state index contributed by atoms with van der Waals surface area (Å²) in [5, 5.41) is 25.1.